The molecule has 0 atom stereocenters. The maximum Gasteiger partial charge on any atom is 0.282 e. The zero-order chi connectivity index (χ0) is 19.5. The number of rotatable bonds is 4. The number of ether oxygens (including phenoxy) is 1. The van der Waals surface area contributed by atoms with E-state index in [0.717, 1.165) is 21.5 Å². The quantitative estimate of drug-likeness (QED) is 0.418. The smallest absolute Gasteiger partial charge is 0.282 e. The van der Waals surface area contributed by atoms with E-state index in [1.807, 2.05) is 66.7 Å². The first-order valence-electron chi connectivity index (χ1n) is 8.66. The Morgan fingerprint density at radius 2 is 1.61 bits per heavy atom. The lowest BCUT2D eigenvalue weighted by atomic mass is 10.2. The molecule has 0 aliphatic rings. The molecule has 4 rings (SSSR count). The molecule has 0 saturated carbocycles. The Morgan fingerprint density at radius 1 is 0.964 bits per heavy atom. The van der Waals surface area contributed by atoms with Crippen molar-refractivity contribution in [2.24, 2.45) is 5.10 Å². The van der Waals surface area contributed by atoms with Crippen molar-refractivity contribution in [3.05, 3.63) is 99.0 Å². The van der Waals surface area contributed by atoms with E-state index in [1.165, 1.54) is 4.68 Å². The molecule has 4 aromatic rings. The highest BCUT2D eigenvalue weighted by Gasteiger charge is 2.06. The fourth-order valence-corrected chi connectivity index (χ4v) is 3.02. The Labute approximate surface area is 170 Å². The van der Waals surface area contributed by atoms with Crippen molar-refractivity contribution in [3.63, 3.8) is 0 Å². The third kappa shape index (κ3) is 3.87. The minimum absolute atomic E-state index is 0.186. The number of halogens is 1. The van der Waals surface area contributed by atoms with E-state index in [9.17, 15) is 4.79 Å². The Kier molecular flexibility index (Phi) is 5.04. The molecular weight excluding hydrogens is 418 g/mol. The molecule has 0 bridgehead atoms. The largest absolute Gasteiger partial charge is 0.457 e. The molecule has 1 heterocycles. The van der Waals surface area contributed by atoms with Crippen LogP contribution in [0.2, 0.25) is 0 Å². The summed E-state index contributed by atoms with van der Waals surface area (Å²) in [5.74, 6) is 2.02. The van der Waals surface area contributed by atoms with Crippen molar-refractivity contribution in [1.82, 2.24) is 9.66 Å². The summed E-state index contributed by atoms with van der Waals surface area (Å²) >= 11 is 3.40. The van der Waals surface area contributed by atoms with Crippen molar-refractivity contribution in [1.29, 1.82) is 0 Å². The van der Waals surface area contributed by atoms with Crippen LogP contribution in [0.5, 0.6) is 11.5 Å². The third-order valence-corrected chi connectivity index (χ3v) is 4.70. The maximum atomic E-state index is 12.6. The first-order chi connectivity index (χ1) is 13.6. The van der Waals surface area contributed by atoms with Gasteiger partial charge >= 0.3 is 0 Å². The van der Waals surface area contributed by atoms with Crippen molar-refractivity contribution >= 4 is 33.0 Å². The first-order valence-corrected chi connectivity index (χ1v) is 9.46. The van der Waals surface area contributed by atoms with Gasteiger partial charge in [-0.3, -0.25) is 4.79 Å². The minimum Gasteiger partial charge on any atom is -0.457 e. The number of nitrogens with zero attached hydrogens (tertiary/aromatic N) is 3. The standard InChI is InChI=1S/C22H16BrN3O2/c1-15-25-21-5-3-2-4-20(21)22(27)26(15)24-14-16-6-10-18(11-7-16)28-19-12-8-17(23)9-13-19/h2-14H,1H3/b24-14+. The fraction of sp³-hybridized carbons (Fsp3) is 0.0455. The SMILES string of the molecule is Cc1nc2ccccc2c(=O)n1/N=C/c1ccc(Oc2ccc(Br)cc2)cc1. The molecule has 28 heavy (non-hydrogen) atoms. The number of aryl methyl sites for hydroxylation is 1. The molecule has 0 unspecified atom stereocenters. The zero-order valence-electron chi connectivity index (χ0n) is 15.0. The van der Waals surface area contributed by atoms with Crippen LogP contribution in [0.4, 0.5) is 0 Å². The molecule has 0 saturated heterocycles. The lowest BCUT2D eigenvalue weighted by molar-refractivity contribution is 0.482. The number of para-hydroxylation sites is 1. The number of benzene rings is 3. The van der Waals surface area contributed by atoms with Crippen LogP contribution in [0, 0.1) is 6.92 Å². The monoisotopic (exact) mass is 433 g/mol. The highest BCUT2D eigenvalue weighted by molar-refractivity contribution is 9.10. The van der Waals surface area contributed by atoms with Gasteiger partial charge in [0, 0.05) is 4.47 Å². The summed E-state index contributed by atoms with van der Waals surface area (Å²) in [5, 5.41) is 4.86. The van der Waals surface area contributed by atoms with E-state index < -0.39 is 0 Å². The van der Waals surface area contributed by atoms with Gasteiger partial charge in [-0.15, -0.1) is 0 Å². The summed E-state index contributed by atoms with van der Waals surface area (Å²) < 4.78 is 8.12. The van der Waals surface area contributed by atoms with E-state index in [-0.39, 0.29) is 5.56 Å². The van der Waals surface area contributed by atoms with Crippen LogP contribution in [0.1, 0.15) is 11.4 Å². The Bertz CT molecular complexity index is 1210. The van der Waals surface area contributed by atoms with Crippen LogP contribution < -0.4 is 10.3 Å². The highest BCUT2D eigenvalue weighted by atomic mass is 79.9. The molecule has 0 N–H and O–H groups in total. The van der Waals surface area contributed by atoms with Gasteiger partial charge in [-0.05, 0) is 73.2 Å². The summed E-state index contributed by atoms with van der Waals surface area (Å²) in [7, 11) is 0. The van der Waals surface area contributed by atoms with Crippen LogP contribution in [0.25, 0.3) is 10.9 Å². The third-order valence-electron chi connectivity index (χ3n) is 4.17. The van der Waals surface area contributed by atoms with E-state index in [0.29, 0.717) is 16.7 Å². The normalized spacial score (nSPS) is 11.2. The summed E-state index contributed by atoms with van der Waals surface area (Å²) in [5.41, 5.74) is 1.34. The Balaban J connectivity index is 1.56. The molecule has 0 fully saturated rings. The second-order valence-corrected chi connectivity index (χ2v) is 7.08. The maximum absolute atomic E-state index is 12.6. The van der Waals surface area contributed by atoms with Crippen LogP contribution in [0.3, 0.4) is 0 Å². The molecule has 138 valence electrons. The van der Waals surface area contributed by atoms with E-state index in [4.69, 9.17) is 4.74 Å². The summed E-state index contributed by atoms with van der Waals surface area (Å²) in [6.07, 6.45) is 1.63. The van der Waals surface area contributed by atoms with E-state index in [2.05, 4.69) is 26.0 Å². The molecule has 1 aromatic heterocycles. The lowest BCUT2D eigenvalue weighted by Crippen LogP contribution is -2.20. The second-order valence-electron chi connectivity index (χ2n) is 6.16. The fourth-order valence-electron chi connectivity index (χ4n) is 2.76. The molecule has 0 radical (unpaired) electrons. The van der Waals surface area contributed by atoms with Crippen LogP contribution >= 0.6 is 15.9 Å². The first kappa shape index (κ1) is 18.1. The van der Waals surface area contributed by atoms with Gasteiger partial charge in [0.2, 0.25) is 0 Å². The van der Waals surface area contributed by atoms with Crippen LogP contribution in [-0.4, -0.2) is 15.9 Å². The molecule has 6 heteroatoms. The average molecular weight is 434 g/mol. The van der Waals surface area contributed by atoms with Gasteiger partial charge in [0.05, 0.1) is 17.1 Å². The van der Waals surface area contributed by atoms with Gasteiger partial charge in [-0.25, -0.2) is 4.98 Å². The summed E-state index contributed by atoms with van der Waals surface area (Å²) in [6, 6.07) is 22.4. The van der Waals surface area contributed by atoms with Crippen molar-refractivity contribution in [3.8, 4) is 11.5 Å². The number of fused-ring (bicyclic) bond motifs is 1. The van der Waals surface area contributed by atoms with Crippen LogP contribution in [-0.2, 0) is 0 Å². The van der Waals surface area contributed by atoms with Gasteiger partial charge < -0.3 is 4.74 Å². The molecule has 3 aromatic carbocycles. The Hall–Kier alpha value is -3.25. The van der Waals surface area contributed by atoms with Gasteiger partial charge in [-0.2, -0.15) is 9.78 Å². The van der Waals surface area contributed by atoms with Gasteiger partial charge in [0.25, 0.3) is 5.56 Å². The molecule has 0 aliphatic carbocycles. The zero-order valence-corrected chi connectivity index (χ0v) is 16.6. The van der Waals surface area contributed by atoms with Crippen molar-refractivity contribution in [2.45, 2.75) is 6.92 Å². The summed E-state index contributed by atoms with van der Waals surface area (Å²) in [4.78, 5) is 17.1. The lowest BCUT2D eigenvalue weighted by Gasteiger charge is -2.06. The second kappa shape index (κ2) is 7.78. The number of aromatic nitrogens is 2. The van der Waals surface area contributed by atoms with Gasteiger partial charge in [0.1, 0.15) is 17.3 Å². The van der Waals surface area contributed by atoms with Gasteiger partial charge in [0.15, 0.2) is 0 Å². The minimum atomic E-state index is -0.186. The van der Waals surface area contributed by atoms with Gasteiger partial charge in [-0.1, -0.05) is 28.1 Å². The molecule has 0 aliphatic heterocycles. The van der Waals surface area contributed by atoms with Crippen molar-refractivity contribution in [2.75, 3.05) is 0 Å². The molecular formula is C22H16BrN3O2. The van der Waals surface area contributed by atoms with E-state index >= 15 is 0 Å². The average Bonchev–Trinajstić information content (AvgIpc) is 2.71. The van der Waals surface area contributed by atoms with Crippen LogP contribution in [0.15, 0.2) is 87.2 Å². The number of hydrogen-bond acceptors (Lipinski definition) is 4. The molecule has 0 amide bonds. The van der Waals surface area contributed by atoms with Crippen molar-refractivity contribution < 1.29 is 4.74 Å². The summed E-state index contributed by atoms with van der Waals surface area (Å²) in [6.45, 7) is 1.76. The predicted molar refractivity (Wildman–Crippen MR) is 114 cm³/mol. The highest BCUT2D eigenvalue weighted by Crippen LogP contribution is 2.23. The Morgan fingerprint density at radius 3 is 2.32 bits per heavy atom. The molecule has 0 spiro atoms. The predicted octanol–water partition coefficient (Wildman–Crippen LogP) is 5.14. The molecule has 5 nitrogen and oxygen atoms in total. The topological polar surface area (TPSA) is 56.5 Å². The van der Waals surface area contributed by atoms with E-state index in [1.54, 1.807) is 19.2 Å². The number of hydrogen-bond donors (Lipinski definition) is 0.